The number of hydrogen-bond donors (Lipinski definition) is 1. The van der Waals surface area contributed by atoms with Crippen LogP contribution in [0.4, 0.5) is 10.1 Å². The van der Waals surface area contributed by atoms with E-state index in [1.807, 2.05) is 32.0 Å². The number of benzene rings is 2. The highest BCUT2D eigenvalue weighted by atomic mass is 19.1. The van der Waals surface area contributed by atoms with E-state index in [1.165, 1.54) is 6.07 Å². The van der Waals surface area contributed by atoms with Crippen molar-refractivity contribution in [3.8, 4) is 11.8 Å². The minimum Gasteiger partial charge on any atom is -0.491 e. The molecule has 0 aliphatic carbocycles. The highest BCUT2D eigenvalue weighted by Gasteiger charge is 2.09. The second-order valence-electron chi connectivity index (χ2n) is 4.68. The van der Waals surface area contributed by atoms with Gasteiger partial charge in [0.25, 0.3) is 0 Å². The Morgan fingerprint density at radius 1 is 1.29 bits per heavy atom. The van der Waals surface area contributed by atoms with E-state index in [1.54, 1.807) is 18.2 Å². The normalized spacial score (nSPS) is 11.5. The molecule has 0 spiro atoms. The molecule has 0 fully saturated rings. The standard InChI is InChI=1S/C17H17FN2O/c1-3-21-17-8-7-15(10-16(17)18)20-12(2)14-6-4-5-13(9-14)11-19/h4-10,12,20H,3H2,1-2H3. The molecular weight excluding hydrogens is 267 g/mol. The van der Waals surface area contributed by atoms with Gasteiger partial charge in [-0.2, -0.15) is 5.26 Å². The number of nitrogens with one attached hydrogen (secondary N) is 1. The lowest BCUT2D eigenvalue weighted by atomic mass is 10.1. The predicted octanol–water partition coefficient (Wildman–Crippen LogP) is 4.27. The first-order chi connectivity index (χ1) is 10.1. The van der Waals surface area contributed by atoms with Crippen LogP contribution in [0.2, 0.25) is 0 Å². The third-order valence-electron chi connectivity index (χ3n) is 3.13. The second kappa shape index (κ2) is 6.76. The summed E-state index contributed by atoms with van der Waals surface area (Å²) in [7, 11) is 0. The van der Waals surface area contributed by atoms with Gasteiger partial charge in [0.05, 0.1) is 18.2 Å². The van der Waals surface area contributed by atoms with Gasteiger partial charge < -0.3 is 10.1 Å². The average molecular weight is 284 g/mol. The molecule has 21 heavy (non-hydrogen) atoms. The van der Waals surface area contributed by atoms with Crippen molar-refractivity contribution in [1.29, 1.82) is 5.26 Å². The van der Waals surface area contributed by atoms with E-state index >= 15 is 0 Å². The molecule has 1 unspecified atom stereocenters. The third-order valence-corrected chi connectivity index (χ3v) is 3.13. The second-order valence-corrected chi connectivity index (χ2v) is 4.68. The first kappa shape index (κ1) is 14.9. The Morgan fingerprint density at radius 3 is 2.76 bits per heavy atom. The molecular formula is C17H17FN2O. The summed E-state index contributed by atoms with van der Waals surface area (Å²) >= 11 is 0. The van der Waals surface area contributed by atoms with Crippen molar-refractivity contribution in [3.05, 3.63) is 59.4 Å². The van der Waals surface area contributed by atoms with Gasteiger partial charge >= 0.3 is 0 Å². The Balaban J connectivity index is 2.14. The monoisotopic (exact) mass is 284 g/mol. The summed E-state index contributed by atoms with van der Waals surface area (Å²) in [5, 5.41) is 12.1. The van der Waals surface area contributed by atoms with Gasteiger partial charge in [-0.25, -0.2) is 4.39 Å². The maximum Gasteiger partial charge on any atom is 0.167 e. The SMILES string of the molecule is CCOc1ccc(NC(C)c2cccc(C#N)c2)cc1F. The molecule has 108 valence electrons. The van der Waals surface area contributed by atoms with Crippen LogP contribution in [-0.4, -0.2) is 6.61 Å². The molecule has 0 heterocycles. The fraction of sp³-hybridized carbons (Fsp3) is 0.235. The van der Waals surface area contributed by atoms with Crippen molar-refractivity contribution in [3.63, 3.8) is 0 Å². The minimum absolute atomic E-state index is 0.0318. The van der Waals surface area contributed by atoms with E-state index in [-0.39, 0.29) is 17.6 Å². The van der Waals surface area contributed by atoms with E-state index in [0.717, 1.165) is 5.56 Å². The van der Waals surface area contributed by atoms with E-state index in [9.17, 15) is 4.39 Å². The molecule has 3 nitrogen and oxygen atoms in total. The van der Waals surface area contributed by atoms with Crippen molar-refractivity contribution < 1.29 is 9.13 Å². The van der Waals surface area contributed by atoms with Crippen molar-refractivity contribution in [2.75, 3.05) is 11.9 Å². The zero-order valence-electron chi connectivity index (χ0n) is 12.1. The summed E-state index contributed by atoms with van der Waals surface area (Å²) in [4.78, 5) is 0. The summed E-state index contributed by atoms with van der Waals surface area (Å²) in [6.07, 6.45) is 0. The van der Waals surface area contributed by atoms with Crippen molar-refractivity contribution >= 4 is 5.69 Å². The van der Waals surface area contributed by atoms with Crippen LogP contribution in [0.3, 0.4) is 0 Å². The first-order valence-corrected chi connectivity index (χ1v) is 6.83. The molecule has 4 heteroatoms. The highest BCUT2D eigenvalue weighted by molar-refractivity contribution is 5.49. The molecule has 0 bridgehead atoms. The minimum atomic E-state index is -0.389. The van der Waals surface area contributed by atoms with Gasteiger partial charge in [0.2, 0.25) is 0 Å². The van der Waals surface area contributed by atoms with Gasteiger partial charge in [-0.05, 0) is 43.7 Å². The fourth-order valence-corrected chi connectivity index (χ4v) is 2.07. The number of anilines is 1. The van der Waals surface area contributed by atoms with E-state index in [0.29, 0.717) is 17.9 Å². The molecule has 0 saturated carbocycles. The predicted molar refractivity (Wildman–Crippen MR) is 80.8 cm³/mol. The Kier molecular flexibility index (Phi) is 4.78. The van der Waals surface area contributed by atoms with Gasteiger partial charge in [0.1, 0.15) is 0 Å². The van der Waals surface area contributed by atoms with Crippen molar-refractivity contribution in [2.45, 2.75) is 19.9 Å². The summed E-state index contributed by atoms with van der Waals surface area (Å²) in [5.74, 6) is -0.137. The third kappa shape index (κ3) is 3.73. The maximum absolute atomic E-state index is 13.8. The average Bonchev–Trinajstić information content (AvgIpc) is 2.50. The van der Waals surface area contributed by atoms with Gasteiger partial charge in [-0.1, -0.05) is 12.1 Å². The van der Waals surface area contributed by atoms with Crippen LogP contribution in [0.25, 0.3) is 0 Å². The lowest BCUT2D eigenvalue weighted by Crippen LogP contribution is -2.07. The quantitative estimate of drug-likeness (QED) is 0.891. The van der Waals surface area contributed by atoms with E-state index < -0.39 is 0 Å². The van der Waals surface area contributed by atoms with Crippen LogP contribution in [-0.2, 0) is 0 Å². The van der Waals surface area contributed by atoms with Gasteiger partial charge in [0.15, 0.2) is 11.6 Å². The zero-order valence-corrected chi connectivity index (χ0v) is 12.1. The fourth-order valence-electron chi connectivity index (χ4n) is 2.07. The van der Waals surface area contributed by atoms with Crippen LogP contribution in [0.1, 0.15) is 31.0 Å². The van der Waals surface area contributed by atoms with Crippen molar-refractivity contribution in [2.24, 2.45) is 0 Å². The topological polar surface area (TPSA) is 45.0 Å². The molecule has 1 atom stereocenters. The molecule has 2 rings (SSSR count). The van der Waals surface area contributed by atoms with Gasteiger partial charge in [-0.15, -0.1) is 0 Å². The maximum atomic E-state index is 13.8. The molecule has 0 amide bonds. The molecule has 2 aromatic carbocycles. The number of rotatable bonds is 5. The number of nitriles is 1. The van der Waals surface area contributed by atoms with E-state index in [4.69, 9.17) is 10.00 Å². The van der Waals surface area contributed by atoms with Crippen LogP contribution >= 0.6 is 0 Å². The summed E-state index contributed by atoms with van der Waals surface area (Å²) in [6.45, 7) is 4.21. The summed E-state index contributed by atoms with van der Waals surface area (Å²) in [6, 6.07) is 14.2. The van der Waals surface area contributed by atoms with Crippen LogP contribution in [0, 0.1) is 17.1 Å². The van der Waals surface area contributed by atoms with Gasteiger partial charge in [-0.3, -0.25) is 0 Å². The highest BCUT2D eigenvalue weighted by Crippen LogP contribution is 2.25. The number of ether oxygens (including phenoxy) is 1. The van der Waals surface area contributed by atoms with Crippen LogP contribution in [0.5, 0.6) is 5.75 Å². The molecule has 0 radical (unpaired) electrons. The Labute approximate surface area is 124 Å². The molecule has 0 saturated heterocycles. The largest absolute Gasteiger partial charge is 0.491 e. The summed E-state index contributed by atoms with van der Waals surface area (Å²) < 4.78 is 19.0. The lowest BCUT2D eigenvalue weighted by Gasteiger charge is -2.16. The number of halogens is 1. The number of nitrogens with zero attached hydrogens (tertiary/aromatic N) is 1. The van der Waals surface area contributed by atoms with Crippen LogP contribution in [0.15, 0.2) is 42.5 Å². The molecule has 0 aromatic heterocycles. The Hall–Kier alpha value is -2.54. The van der Waals surface area contributed by atoms with Crippen LogP contribution < -0.4 is 10.1 Å². The van der Waals surface area contributed by atoms with Gasteiger partial charge in [0, 0.05) is 17.8 Å². The molecule has 1 N–H and O–H groups in total. The lowest BCUT2D eigenvalue weighted by molar-refractivity contribution is 0.321. The molecule has 2 aromatic rings. The Bertz CT molecular complexity index is 664. The number of hydrogen-bond acceptors (Lipinski definition) is 3. The summed E-state index contributed by atoms with van der Waals surface area (Å²) in [5.41, 5.74) is 2.26. The smallest absolute Gasteiger partial charge is 0.167 e. The van der Waals surface area contributed by atoms with E-state index in [2.05, 4.69) is 11.4 Å². The molecule has 0 aliphatic rings. The Morgan fingerprint density at radius 2 is 2.10 bits per heavy atom. The van der Waals surface area contributed by atoms with Crippen molar-refractivity contribution in [1.82, 2.24) is 0 Å². The first-order valence-electron chi connectivity index (χ1n) is 6.83. The molecule has 0 aliphatic heterocycles. The zero-order chi connectivity index (χ0) is 15.2.